The first-order chi connectivity index (χ1) is 12.5. The van der Waals surface area contributed by atoms with Crippen molar-refractivity contribution in [1.82, 2.24) is 19.3 Å². The first kappa shape index (κ1) is 16.8. The molecular weight excluding hydrogens is 353 g/mol. The Morgan fingerprint density at radius 1 is 1.35 bits per heavy atom. The number of benzene rings is 1. The molecule has 3 heterocycles. The lowest BCUT2D eigenvalue weighted by atomic mass is 10.1. The molecule has 0 aliphatic carbocycles. The Labute approximate surface area is 154 Å². The summed E-state index contributed by atoms with van der Waals surface area (Å²) in [5, 5.41) is 7.24. The molecule has 2 aromatic heterocycles. The second-order valence-electron chi connectivity index (χ2n) is 6.28. The number of aromatic nitrogens is 4. The number of halogens is 1. The summed E-state index contributed by atoms with van der Waals surface area (Å²) in [6, 6.07) is 6.35. The van der Waals surface area contributed by atoms with E-state index in [0.29, 0.717) is 17.3 Å². The predicted octanol–water partition coefficient (Wildman–Crippen LogP) is 3.14. The van der Waals surface area contributed by atoms with Crippen LogP contribution in [0.3, 0.4) is 0 Å². The fraction of sp³-hybridized carbons (Fsp3) is 0.278. The molecule has 0 radical (unpaired) electrons. The third-order valence-corrected chi connectivity index (χ3v) is 5.83. The second-order valence-corrected chi connectivity index (χ2v) is 7.37. The minimum Gasteiger partial charge on any atom is -0.308 e. The lowest BCUT2D eigenvalue weighted by molar-refractivity contribution is -0.113. The average Bonchev–Trinajstić information content (AvgIpc) is 3.06. The maximum atomic E-state index is 13.8. The van der Waals surface area contributed by atoms with E-state index in [0.717, 1.165) is 22.6 Å². The van der Waals surface area contributed by atoms with Crippen LogP contribution in [0, 0.1) is 19.7 Å². The van der Waals surface area contributed by atoms with Crippen LogP contribution >= 0.6 is 11.8 Å². The Morgan fingerprint density at radius 3 is 2.85 bits per heavy atom. The molecule has 1 aromatic carbocycles. The number of rotatable bonds is 2. The van der Waals surface area contributed by atoms with Crippen molar-refractivity contribution in [2.45, 2.75) is 19.1 Å². The number of nitrogens with zero attached hydrogens (tertiary/aromatic N) is 4. The summed E-state index contributed by atoms with van der Waals surface area (Å²) < 4.78 is 17.4. The summed E-state index contributed by atoms with van der Waals surface area (Å²) in [4.78, 5) is 16.5. The highest BCUT2D eigenvalue weighted by Gasteiger charge is 2.32. The number of amides is 1. The molecule has 0 saturated carbocycles. The molecule has 1 N–H and O–H groups in total. The maximum absolute atomic E-state index is 13.8. The second kappa shape index (κ2) is 6.28. The van der Waals surface area contributed by atoms with Crippen LogP contribution in [-0.2, 0) is 11.8 Å². The number of carbonyl (C=O) groups is 1. The molecule has 1 atom stereocenters. The van der Waals surface area contributed by atoms with Gasteiger partial charge < -0.3 is 5.32 Å². The van der Waals surface area contributed by atoms with E-state index >= 15 is 0 Å². The van der Waals surface area contributed by atoms with Crippen molar-refractivity contribution >= 4 is 23.5 Å². The van der Waals surface area contributed by atoms with Gasteiger partial charge in [-0.25, -0.2) is 9.37 Å². The summed E-state index contributed by atoms with van der Waals surface area (Å²) in [7, 11) is 1.90. The van der Waals surface area contributed by atoms with Gasteiger partial charge in [-0.3, -0.25) is 14.0 Å². The van der Waals surface area contributed by atoms with Crippen LogP contribution in [0.1, 0.15) is 27.9 Å². The molecule has 0 unspecified atom stereocenters. The number of carbonyl (C=O) groups excluding carboxylic acids is 1. The van der Waals surface area contributed by atoms with E-state index in [-0.39, 0.29) is 17.0 Å². The van der Waals surface area contributed by atoms with E-state index in [1.54, 1.807) is 12.4 Å². The van der Waals surface area contributed by atoms with Gasteiger partial charge in [0.15, 0.2) is 5.82 Å². The molecule has 6 nitrogen and oxygen atoms in total. The van der Waals surface area contributed by atoms with Crippen LogP contribution in [0.5, 0.6) is 0 Å². The molecule has 1 aliphatic heterocycles. The summed E-state index contributed by atoms with van der Waals surface area (Å²) in [6.45, 7) is 3.98. The highest BCUT2D eigenvalue weighted by atomic mass is 32.2. The molecule has 1 aliphatic rings. The number of aryl methyl sites for hydroxylation is 2. The smallest absolute Gasteiger partial charge is 0.235 e. The van der Waals surface area contributed by atoms with Gasteiger partial charge in [0, 0.05) is 24.0 Å². The average molecular weight is 371 g/mol. The van der Waals surface area contributed by atoms with Gasteiger partial charge in [-0.05, 0) is 32.0 Å². The fourth-order valence-corrected chi connectivity index (χ4v) is 4.61. The normalized spacial score (nSPS) is 16.9. The number of hydrogen-bond acceptors (Lipinski definition) is 4. The molecular formula is C18H18FN5OS. The van der Waals surface area contributed by atoms with Gasteiger partial charge in [0.25, 0.3) is 0 Å². The number of anilines is 1. The van der Waals surface area contributed by atoms with Crippen LogP contribution < -0.4 is 5.32 Å². The molecule has 3 aromatic rings. The highest BCUT2D eigenvalue weighted by Crippen LogP contribution is 2.44. The molecule has 0 fully saturated rings. The third kappa shape index (κ3) is 2.70. The van der Waals surface area contributed by atoms with Crippen molar-refractivity contribution in [2.75, 3.05) is 11.1 Å². The van der Waals surface area contributed by atoms with E-state index in [1.165, 1.54) is 23.9 Å². The van der Waals surface area contributed by atoms with Gasteiger partial charge in [0.2, 0.25) is 5.91 Å². The van der Waals surface area contributed by atoms with Gasteiger partial charge in [-0.15, -0.1) is 11.8 Å². The minimum atomic E-state index is -0.319. The van der Waals surface area contributed by atoms with Crippen molar-refractivity contribution in [2.24, 2.45) is 7.05 Å². The Bertz CT molecular complexity index is 1010. The lowest BCUT2D eigenvalue weighted by Gasteiger charge is -2.18. The molecule has 1 amide bonds. The number of imidazole rings is 1. The summed E-state index contributed by atoms with van der Waals surface area (Å²) in [5.74, 6) is 0.415. The van der Waals surface area contributed by atoms with Crippen LogP contribution in [-0.4, -0.2) is 31.0 Å². The number of fused-ring (bicyclic) bond motifs is 1. The maximum Gasteiger partial charge on any atom is 0.235 e. The van der Waals surface area contributed by atoms with Gasteiger partial charge in [0.05, 0.1) is 22.4 Å². The summed E-state index contributed by atoms with van der Waals surface area (Å²) in [5.41, 5.74) is 4.50. The van der Waals surface area contributed by atoms with Crippen LogP contribution in [0.25, 0.3) is 5.69 Å². The monoisotopic (exact) mass is 371 g/mol. The number of hydrogen-bond donors (Lipinski definition) is 1. The summed E-state index contributed by atoms with van der Waals surface area (Å²) >= 11 is 1.53. The van der Waals surface area contributed by atoms with Gasteiger partial charge >= 0.3 is 0 Å². The Balaban J connectivity index is 1.94. The fourth-order valence-electron chi connectivity index (χ4n) is 3.33. The predicted molar refractivity (Wildman–Crippen MR) is 99.1 cm³/mol. The molecule has 4 rings (SSSR count). The van der Waals surface area contributed by atoms with Crippen LogP contribution in [0.15, 0.2) is 30.6 Å². The molecule has 134 valence electrons. The zero-order valence-electron chi connectivity index (χ0n) is 14.7. The first-order valence-corrected chi connectivity index (χ1v) is 9.25. The van der Waals surface area contributed by atoms with Gasteiger partial charge in [0.1, 0.15) is 12.1 Å². The topological polar surface area (TPSA) is 64.7 Å². The standard InChI is InChI=1S/C18H18FN5OS/c1-10-15(11(2)23(3)22-10)17-16-18(21-14(25)8-26-17)20-9-24(16)13-6-4-5-12(19)7-13/h4-7,9,17H,8H2,1-3H3,(H,21,25)/t17-/m1/s1. The van der Waals surface area contributed by atoms with Crippen molar-refractivity contribution in [3.05, 3.63) is 59.1 Å². The quantitative estimate of drug-likeness (QED) is 0.752. The molecule has 8 heteroatoms. The molecule has 0 saturated heterocycles. The Hall–Kier alpha value is -2.61. The van der Waals surface area contributed by atoms with Gasteiger partial charge in [-0.1, -0.05) is 6.07 Å². The van der Waals surface area contributed by atoms with E-state index in [4.69, 9.17) is 0 Å². The zero-order chi connectivity index (χ0) is 18.4. The Morgan fingerprint density at radius 2 is 2.15 bits per heavy atom. The van der Waals surface area contributed by atoms with Crippen LogP contribution in [0.4, 0.5) is 10.2 Å². The van der Waals surface area contributed by atoms with Crippen molar-refractivity contribution < 1.29 is 9.18 Å². The Kier molecular flexibility index (Phi) is 4.07. The summed E-state index contributed by atoms with van der Waals surface area (Å²) in [6.07, 6.45) is 1.62. The molecule has 0 bridgehead atoms. The first-order valence-electron chi connectivity index (χ1n) is 8.20. The lowest BCUT2D eigenvalue weighted by Crippen LogP contribution is -2.12. The van der Waals surface area contributed by atoms with E-state index in [1.807, 2.05) is 36.2 Å². The highest BCUT2D eigenvalue weighted by molar-refractivity contribution is 8.00. The zero-order valence-corrected chi connectivity index (χ0v) is 15.5. The third-order valence-electron chi connectivity index (χ3n) is 4.61. The van der Waals surface area contributed by atoms with E-state index in [2.05, 4.69) is 15.4 Å². The number of thioether (sulfide) groups is 1. The molecule has 26 heavy (non-hydrogen) atoms. The van der Waals surface area contributed by atoms with Crippen LogP contribution in [0.2, 0.25) is 0 Å². The largest absolute Gasteiger partial charge is 0.308 e. The van der Waals surface area contributed by atoms with E-state index in [9.17, 15) is 9.18 Å². The van der Waals surface area contributed by atoms with Crippen molar-refractivity contribution in [1.29, 1.82) is 0 Å². The minimum absolute atomic E-state index is 0.0950. The SMILES string of the molecule is Cc1nn(C)c(C)c1[C@H]1SCC(=O)Nc2ncn(-c3cccc(F)c3)c21. The van der Waals surface area contributed by atoms with Crippen molar-refractivity contribution in [3.8, 4) is 5.69 Å². The van der Waals surface area contributed by atoms with Crippen molar-refractivity contribution in [3.63, 3.8) is 0 Å². The van der Waals surface area contributed by atoms with E-state index < -0.39 is 0 Å². The number of nitrogens with one attached hydrogen (secondary N) is 1. The molecule has 0 spiro atoms. The van der Waals surface area contributed by atoms with Gasteiger partial charge in [-0.2, -0.15) is 5.10 Å².